The quantitative estimate of drug-likeness (QED) is 0.653. The molecular weight excluding hydrogens is 306 g/mol. The van der Waals surface area contributed by atoms with Crippen LogP contribution in [-0.4, -0.2) is 28.7 Å². The summed E-state index contributed by atoms with van der Waals surface area (Å²) in [6.07, 6.45) is 1.81. The van der Waals surface area contributed by atoms with Crippen LogP contribution in [0.4, 0.5) is 11.5 Å². The number of rotatable bonds is 6. The van der Waals surface area contributed by atoms with E-state index in [1.165, 1.54) is 12.3 Å². The van der Waals surface area contributed by atoms with Crippen molar-refractivity contribution in [3.63, 3.8) is 0 Å². The van der Waals surface area contributed by atoms with Gasteiger partial charge in [-0.25, -0.2) is 4.98 Å². The van der Waals surface area contributed by atoms with Gasteiger partial charge < -0.3 is 10.0 Å². The fourth-order valence-corrected chi connectivity index (χ4v) is 2.51. The molecule has 0 fully saturated rings. The molecule has 0 bridgehead atoms. The summed E-state index contributed by atoms with van der Waals surface area (Å²) in [6.45, 7) is -0.0364. The molecule has 0 aliphatic carbocycles. The Kier molecular flexibility index (Phi) is 5.30. The third-order valence-corrected chi connectivity index (χ3v) is 3.61. The van der Waals surface area contributed by atoms with Crippen LogP contribution in [0.1, 0.15) is 18.0 Å². The predicted octanol–water partition coefficient (Wildman–Crippen LogP) is 3.20. The third kappa shape index (κ3) is 3.52. The highest BCUT2D eigenvalue weighted by Gasteiger charge is 2.25. The maximum absolute atomic E-state index is 11.2. The van der Waals surface area contributed by atoms with Gasteiger partial charge in [-0.1, -0.05) is 41.9 Å². The minimum absolute atomic E-state index is 0.0364. The molecule has 2 aromatic rings. The van der Waals surface area contributed by atoms with Crippen molar-refractivity contribution in [2.75, 3.05) is 18.6 Å². The van der Waals surface area contributed by atoms with Crippen molar-refractivity contribution < 1.29 is 10.0 Å². The summed E-state index contributed by atoms with van der Waals surface area (Å²) in [7, 11) is 1.72. The number of nitro groups is 1. The standard InChI is InChI=1S/C15H16ClN3O3/c1-18(13(7-8-20)11-5-3-2-4-6-11)15-14(19(21)22)9-12(16)10-17-15/h2-6,9-10,13,20H,7-8H2,1H3. The van der Waals surface area contributed by atoms with Gasteiger partial charge in [0.2, 0.25) is 5.82 Å². The van der Waals surface area contributed by atoms with Crippen molar-refractivity contribution >= 4 is 23.1 Å². The van der Waals surface area contributed by atoms with Crippen LogP contribution in [0, 0.1) is 10.1 Å². The van der Waals surface area contributed by atoms with Crippen molar-refractivity contribution in [1.29, 1.82) is 0 Å². The number of nitrogens with zero attached hydrogens (tertiary/aromatic N) is 3. The Morgan fingerprint density at radius 2 is 2.09 bits per heavy atom. The number of halogens is 1. The van der Waals surface area contributed by atoms with Gasteiger partial charge in [-0.15, -0.1) is 0 Å². The molecule has 0 saturated heterocycles. The Bertz CT molecular complexity index is 652. The number of aliphatic hydroxyl groups is 1. The van der Waals surface area contributed by atoms with E-state index in [0.29, 0.717) is 6.42 Å². The van der Waals surface area contributed by atoms with Crippen molar-refractivity contribution in [2.24, 2.45) is 0 Å². The van der Waals surface area contributed by atoms with Crippen LogP contribution in [0.3, 0.4) is 0 Å². The minimum Gasteiger partial charge on any atom is -0.396 e. The molecule has 7 heteroatoms. The zero-order valence-electron chi connectivity index (χ0n) is 12.0. The molecule has 2 rings (SSSR count). The highest BCUT2D eigenvalue weighted by molar-refractivity contribution is 6.30. The Morgan fingerprint density at radius 3 is 2.68 bits per heavy atom. The molecule has 1 atom stereocenters. The largest absolute Gasteiger partial charge is 0.396 e. The first-order valence-electron chi connectivity index (χ1n) is 6.73. The van der Waals surface area contributed by atoms with Gasteiger partial charge in [-0.05, 0) is 12.0 Å². The van der Waals surface area contributed by atoms with Gasteiger partial charge in [0.25, 0.3) is 0 Å². The second-order valence-corrected chi connectivity index (χ2v) is 5.24. The van der Waals surface area contributed by atoms with Crippen LogP contribution < -0.4 is 4.90 Å². The SMILES string of the molecule is CN(c1ncc(Cl)cc1[N+](=O)[O-])C(CCO)c1ccccc1. The highest BCUT2D eigenvalue weighted by atomic mass is 35.5. The van der Waals surface area contributed by atoms with Crippen LogP contribution in [0.25, 0.3) is 0 Å². The number of benzene rings is 1. The van der Waals surface area contributed by atoms with Crippen LogP contribution >= 0.6 is 11.6 Å². The summed E-state index contributed by atoms with van der Waals surface area (Å²) >= 11 is 5.80. The van der Waals surface area contributed by atoms with E-state index in [2.05, 4.69) is 4.98 Å². The van der Waals surface area contributed by atoms with Gasteiger partial charge >= 0.3 is 5.69 Å². The van der Waals surface area contributed by atoms with E-state index in [0.717, 1.165) is 5.56 Å². The summed E-state index contributed by atoms with van der Waals surface area (Å²) in [6, 6.07) is 10.5. The molecular formula is C15H16ClN3O3. The molecule has 0 spiro atoms. The van der Waals surface area contributed by atoms with E-state index in [9.17, 15) is 15.2 Å². The molecule has 0 aliphatic rings. The maximum Gasteiger partial charge on any atom is 0.313 e. The van der Waals surface area contributed by atoms with Gasteiger partial charge in [-0.3, -0.25) is 10.1 Å². The lowest BCUT2D eigenvalue weighted by molar-refractivity contribution is -0.384. The third-order valence-electron chi connectivity index (χ3n) is 3.40. The van der Waals surface area contributed by atoms with Crippen molar-refractivity contribution in [3.8, 4) is 0 Å². The van der Waals surface area contributed by atoms with Gasteiger partial charge in [0.15, 0.2) is 0 Å². The number of hydrogen-bond acceptors (Lipinski definition) is 5. The fraction of sp³-hybridized carbons (Fsp3) is 0.267. The Morgan fingerprint density at radius 1 is 1.41 bits per heavy atom. The van der Waals surface area contributed by atoms with Crippen LogP contribution in [-0.2, 0) is 0 Å². The summed E-state index contributed by atoms with van der Waals surface area (Å²) in [5, 5.41) is 20.8. The summed E-state index contributed by atoms with van der Waals surface area (Å²) in [5.41, 5.74) is 0.791. The molecule has 22 heavy (non-hydrogen) atoms. The van der Waals surface area contributed by atoms with Crippen LogP contribution in [0.15, 0.2) is 42.6 Å². The minimum atomic E-state index is -0.508. The van der Waals surface area contributed by atoms with E-state index in [1.807, 2.05) is 30.3 Å². The molecule has 1 heterocycles. The van der Waals surface area contributed by atoms with Crippen molar-refractivity contribution in [2.45, 2.75) is 12.5 Å². The van der Waals surface area contributed by atoms with E-state index >= 15 is 0 Å². The smallest absolute Gasteiger partial charge is 0.313 e. The number of anilines is 1. The number of hydrogen-bond donors (Lipinski definition) is 1. The van der Waals surface area contributed by atoms with E-state index in [4.69, 9.17) is 11.6 Å². The monoisotopic (exact) mass is 321 g/mol. The molecule has 116 valence electrons. The number of aromatic nitrogens is 1. The lowest BCUT2D eigenvalue weighted by Gasteiger charge is -2.28. The highest BCUT2D eigenvalue weighted by Crippen LogP contribution is 2.34. The van der Waals surface area contributed by atoms with Crippen molar-refractivity contribution in [3.05, 3.63) is 63.3 Å². The fourth-order valence-electron chi connectivity index (χ4n) is 2.36. The second-order valence-electron chi connectivity index (χ2n) is 4.80. The first kappa shape index (κ1) is 16.2. The molecule has 1 aromatic heterocycles. The number of aliphatic hydroxyl groups excluding tert-OH is 1. The molecule has 1 N–H and O–H groups in total. The lowest BCUT2D eigenvalue weighted by atomic mass is 10.0. The molecule has 0 saturated carbocycles. The maximum atomic E-state index is 11.2. The van der Waals surface area contributed by atoms with E-state index < -0.39 is 4.92 Å². The predicted molar refractivity (Wildman–Crippen MR) is 85.2 cm³/mol. The number of pyridine rings is 1. The Hall–Kier alpha value is -2.18. The van der Waals surface area contributed by atoms with Crippen LogP contribution in [0.5, 0.6) is 0 Å². The molecule has 1 unspecified atom stereocenters. The van der Waals surface area contributed by atoms with Crippen molar-refractivity contribution in [1.82, 2.24) is 4.98 Å². The second kappa shape index (κ2) is 7.20. The topological polar surface area (TPSA) is 79.5 Å². The van der Waals surface area contributed by atoms with E-state index in [1.54, 1.807) is 11.9 Å². The normalized spacial score (nSPS) is 12.0. The first-order valence-corrected chi connectivity index (χ1v) is 7.11. The van der Waals surface area contributed by atoms with E-state index in [-0.39, 0.29) is 29.2 Å². The molecule has 0 aliphatic heterocycles. The molecule has 6 nitrogen and oxygen atoms in total. The first-order chi connectivity index (χ1) is 10.5. The van der Waals surface area contributed by atoms with Gasteiger partial charge in [0.1, 0.15) is 0 Å². The summed E-state index contributed by atoms with van der Waals surface area (Å²) in [4.78, 5) is 16.5. The molecule has 1 aromatic carbocycles. The Labute approximate surface area is 133 Å². The zero-order valence-corrected chi connectivity index (χ0v) is 12.8. The summed E-state index contributed by atoms with van der Waals surface area (Å²) in [5.74, 6) is 0.219. The van der Waals surface area contributed by atoms with Crippen LogP contribution in [0.2, 0.25) is 5.02 Å². The average Bonchev–Trinajstić information content (AvgIpc) is 2.52. The van der Waals surface area contributed by atoms with Gasteiger partial charge in [0, 0.05) is 25.9 Å². The molecule has 0 amide bonds. The molecule has 0 radical (unpaired) electrons. The Balaban J connectivity index is 2.43. The zero-order chi connectivity index (χ0) is 16.1. The lowest BCUT2D eigenvalue weighted by Crippen LogP contribution is -2.26. The van der Waals surface area contributed by atoms with Gasteiger partial charge in [-0.2, -0.15) is 0 Å². The summed E-state index contributed by atoms with van der Waals surface area (Å²) < 4.78 is 0. The van der Waals surface area contributed by atoms with Gasteiger partial charge in [0.05, 0.1) is 16.0 Å². The average molecular weight is 322 g/mol.